The van der Waals surface area contributed by atoms with E-state index in [1.54, 1.807) is 11.3 Å². The smallest absolute Gasteiger partial charge is 0.337 e. The van der Waals surface area contributed by atoms with Crippen molar-refractivity contribution in [3.05, 3.63) is 45.2 Å². The van der Waals surface area contributed by atoms with E-state index in [0.29, 0.717) is 17.4 Å². The molecule has 20 heavy (non-hydrogen) atoms. The van der Waals surface area contributed by atoms with Crippen LogP contribution in [-0.4, -0.2) is 22.6 Å². The third-order valence-corrected chi connectivity index (χ3v) is 4.50. The average Bonchev–Trinajstić information content (AvgIpc) is 2.91. The van der Waals surface area contributed by atoms with E-state index in [1.807, 2.05) is 11.4 Å². The molecule has 0 aromatic carbocycles. The van der Waals surface area contributed by atoms with Crippen LogP contribution in [0.3, 0.4) is 0 Å². The van der Waals surface area contributed by atoms with Gasteiger partial charge in [-0.1, -0.05) is 31.5 Å². The lowest BCUT2D eigenvalue weighted by atomic mass is 9.91. The van der Waals surface area contributed by atoms with Crippen molar-refractivity contribution in [3.8, 4) is 0 Å². The molecule has 0 saturated heterocycles. The number of carboxylic acids is 1. The zero-order valence-electron chi connectivity index (χ0n) is 11.2. The zero-order chi connectivity index (χ0) is 14.8. The highest BCUT2D eigenvalue weighted by atomic mass is 35.5. The molecule has 6 heteroatoms. The predicted molar refractivity (Wildman–Crippen MR) is 82.0 cm³/mol. The van der Waals surface area contributed by atoms with Crippen molar-refractivity contribution in [1.29, 1.82) is 0 Å². The molecule has 0 aliphatic carbocycles. The lowest BCUT2D eigenvalue weighted by molar-refractivity contribution is 0.0696. The maximum atomic E-state index is 10.8. The molecule has 0 aliphatic rings. The summed E-state index contributed by atoms with van der Waals surface area (Å²) in [6.07, 6.45) is 1.30. The Morgan fingerprint density at radius 3 is 2.85 bits per heavy atom. The molecular formula is C14H15ClN2O2S. The van der Waals surface area contributed by atoms with Gasteiger partial charge >= 0.3 is 5.97 Å². The lowest BCUT2D eigenvalue weighted by Crippen LogP contribution is -2.27. The minimum atomic E-state index is -1.04. The number of anilines is 1. The van der Waals surface area contributed by atoms with E-state index in [4.69, 9.17) is 16.7 Å². The van der Waals surface area contributed by atoms with E-state index >= 15 is 0 Å². The first kappa shape index (κ1) is 14.8. The van der Waals surface area contributed by atoms with Gasteiger partial charge in [-0.05, 0) is 17.5 Å². The summed E-state index contributed by atoms with van der Waals surface area (Å²) >= 11 is 7.75. The molecule has 2 aromatic rings. The number of carbonyl (C=O) groups is 1. The van der Waals surface area contributed by atoms with Gasteiger partial charge < -0.3 is 10.4 Å². The van der Waals surface area contributed by atoms with Gasteiger partial charge in [-0.2, -0.15) is 0 Å². The third-order valence-electron chi connectivity index (χ3n) is 2.97. The third kappa shape index (κ3) is 3.29. The normalized spacial score (nSPS) is 11.3. The van der Waals surface area contributed by atoms with Gasteiger partial charge in [0.25, 0.3) is 0 Å². The molecular weight excluding hydrogens is 296 g/mol. The fraction of sp³-hybridized carbons (Fsp3) is 0.286. The summed E-state index contributed by atoms with van der Waals surface area (Å²) < 4.78 is 0. The Kier molecular flexibility index (Phi) is 4.30. The summed E-state index contributed by atoms with van der Waals surface area (Å²) in [6.45, 7) is 4.92. The fourth-order valence-corrected chi connectivity index (χ4v) is 2.83. The summed E-state index contributed by atoms with van der Waals surface area (Å²) in [4.78, 5) is 16.1. The molecule has 0 amide bonds. The van der Waals surface area contributed by atoms with E-state index in [2.05, 4.69) is 30.2 Å². The molecule has 2 aromatic heterocycles. The van der Waals surface area contributed by atoms with Crippen molar-refractivity contribution >= 4 is 34.7 Å². The van der Waals surface area contributed by atoms with Crippen molar-refractivity contribution in [2.45, 2.75) is 19.3 Å². The molecule has 0 saturated carbocycles. The number of nitrogens with one attached hydrogen (secondary N) is 1. The summed E-state index contributed by atoms with van der Waals surface area (Å²) in [5.74, 6) is -0.536. The van der Waals surface area contributed by atoms with Crippen molar-refractivity contribution in [3.63, 3.8) is 0 Å². The van der Waals surface area contributed by atoms with E-state index in [-0.39, 0.29) is 11.0 Å². The molecule has 0 aliphatic heterocycles. The minimum absolute atomic E-state index is 0.0509. The molecule has 0 unspecified atom stereocenters. The van der Waals surface area contributed by atoms with Crippen LogP contribution in [0.1, 0.15) is 29.1 Å². The molecule has 0 bridgehead atoms. The van der Waals surface area contributed by atoms with Crippen LogP contribution >= 0.6 is 22.9 Å². The number of hydrogen-bond acceptors (Lipinski definition) is 4. The second-order valence-electron chi connectivity index (χ2n) is 5.07. The second kappa shape index (κ2) is 5.81. The zero-order valence-corrected chi connectivity index (χ0v) is 12.8. The Labute approximate surface area is 126 Å². The maximum Gasteiger partial charge on any atom is 0.337 e. The standard InChI is InChI=1S/C14H15ClN2O2S/c1-14(2,11-4-3-5-20-11)8-17-12-10(15)6-9(7-16-12)13(18)19/h3-7H,8H2,1-2H3,(H,16,17)(H,18,19). The SMILES string of the molecule is CC(C)(CNc1ncc(C(=O)O)cc1Cl)c1cccs1. The number of rotatable bonds is 5. The van der Waals surface area contributed by atoms with Gasteiger partial charge in [-0.25, -0.2) is 9.78 Å². The van der Waals surface area contributed by atoms with Crippen LogP contribution in [0, 0.1) is 0 Å². The number of aromatic carboxylic acids is 1. The number of aromatic nitrogens is 1. The first-order valence-corrected chi connectivity index (χ1v) is 7.32. The van der Waals surface area contributed by atoms with Crippen molar-refractivity contribution in [1.82, 2.24) is 4.98 Å². The van der Waals surface area contributed by atoms with Gasteiger partial charge in [0.1, 0.15) is 5.82 Å². The van der Waals surface area contributed by atoms with E-state index in [9.17, 15) is 4.79 Å². The second-order valence-corrected chi connectivity index (χ2v) is 6.43. The number of thiophene rings is 1. The molecule has 2 N–H and O–H groups in total. The van der Waals surface area contributed by atoms with Gasteiger partial charge in [0, 0.05) is 23.0 Å². The van der Waals surface area contributed by atoms with Crippen LogP contribution in [0.2, 0.25) is 5.02 Å². The number of hydrogen-bond donors (Lipinski definition) is 2. The Morgan fingerprint density at radius 1 is 1.55 bits per heavy atom. The van der Waals surface area contributed by atoms with Crippen LogP contribution in [0.25, 0.3) is 0 Å². The first-order valence-electron chi connectivity index (χ1n) is 6.07. The minimum Gasteiger partial charge on any atom is -0.478 e. The predicted octanol–water partition coefficient (Wildman–Crippen LogP) is 3.88. The highest BCUT2D eigenvalue weighted by molar-refractivity contribution is 7.10. The van der Waals surface area contributed by atoms with Crippen LogP contribution in [0.5, 0.6) is 0 Å². The Bertz CT molecular complexity index is 612. The Balaban J connectivity index is 2.10. The van der Waals surface area contributed by atoms with Gasteiger partial charge in [-0.3, -0.25) is 0 Å². The summed E-state index contributed by atoms with van der Waals surface area (Å²) in [6, 6.07) is 5.51. The van der Waals surface area contributed by atoms with Gasteiger partial charge in [-0.15, -0.1) is 11.3 Å². The van der Waals surface area contributed by atoms with E-state index in [1.165, 1.54) is 17.1 Å². The van der Waals surface area contributed by atoms with Gasteiger partial charge in [0.15, 0.2) is 0 Å². The van der Waals surface area contributed by atoms with Gasteiger partial charge in [0.05, 0.1) is 10.6 Å². The lowest BCUT2D eigenvalue weighted by Gasteiger charge is -2.24. The van der Waals surface area contributed by atoms with Crippen molar-refractivity contribution < 1.29 is 9.90 Å². The monoisotopic (exact) mass is 310 g/mol. The highest BCUT2D eigenvalue weighted by Gasteiger charge is 2.22. The summed E-state index contributed by atoms with van der Waals surface area (Å²) in [5, 5.41) is 14.4. The largest absolute Gasteiger partial charge is 0.478 e. The van der Waals surface area contributed by atoms with Crippen LogP contribution in [0.4, 0.5) is 5.82 Å². The number of carboxylic acid groups (broad SMARTS) is 1. The Morgan fingerprint density at radius 2 is 2.30 bits per heavy atom. The average molecular weight is 311 g/mol. The maximum absolute atomic E-state index is 10.8. The number of halogens is 1. The van der Waals surface area contributed by atoms with E-state index in [0.717, 1.165) is 0 Å². The molecule has 0 spiro atoms. The molecule has 0 radical (unpaired) electrons. The fourth-order valence-electron chi connectivity index (χ4n) is 1.74. The highest BCUT2D eigenvalue weighted by Crippen LogP contribution is 2.29. The van der Waals surface area contributed by atoms with Crippen LogP contribution in [-0.2, 0) is 5.41 Å². The van der Waals surface area contributed by atoms with Crippen LogP contribution < -0.4 is 5.32 Å². The molecule has 0 fully saturated rings. The van der Waals surface area contributed by atoms with Crippen LogP contribution in [0.15, 0.2) is 29.8 Å². The topological polar surface area (TPSA) is 62.2 Å². The van der Waals surface area contributed by atoms with Crippen molar-refractivity contribution in [2.24, 2.45) is 0 Å². The Hall–Kier alpha value is -1.59. The summed E-state index contributed by atoms with van der Waals surface area (Å²) in [7, 11) is 0. The number of pyridine rings is 1. The van der Waals surface area contributed by atoms with Crippen molar-refractivity contribution in [2.75, 3.05) is 11.9 Å². The molecule has 4 nitrogen and oxygen atoms in total. The first-order chi connectivity index (χ1) is 9.40. The quantitative estimate of drug-likeness (QED) is 0.879. The molecule has 106 valence electrons. The van der Waals surface area contributed by atoms with E-state index < -0.39 is 5.97 Å². The van der Waals surface area contributed by atoms with Gasteiger partial charge in [0.2, 0.25) is 0 Å². The summed E-state index contributed by atoms with van der Waals surface area (Å²) in [5.41, 5.74) is 0.0306. The molecule has 0 atom stereocenters. The molecule has 2 heterocycles. The number of nitrogens with zero attached hydrogens (tertiary/aromatic N) is 1. The molecule has 2 rings (SSSR count).